The number of thiophene rings is 1. The number of nitrogens with zero attached hydrogens (tertiary/aromatic N) is 1. The normalized spacial score (nSPS) is 11.5. The van der Waals surface area contributed by atoms with Gasteiger partial charge in [0.1, 0.15) is 0 Å². The number of hydrogen-bond acceptors (Lipinski definition) is 2. The van der Waals surface area contributed by atoms with Crippen LogP contribution in [0.4, 0.5) is 0 Å². The lowest BCUT2D eigenvalue weighted by Crippen LogP contribution is -1.87. The zero-order chi connectivity index (χ0) is 20.1. The van der Waals surface area contributed by atoms with Crippen molar-refractivity contribution in [2.45, 2.75) is 6.92 Å². The summed E-state index contributed by atoms with van der Waals surface area (Å²) >= 11 is 1.85. The zero-order valence-corrected chi connectivity index (χ0v) is 17.4. The smallest absolute Gasteiger partial charge is 0.0886 e. The fourth-order valence-corrected chi connectivity index (χ4v) is 5.77. The summed E-state index contributed by atoms with van der Waals surface area (Å²) in [6.07, 6.45) is 1.95. The van der Waals surface area contributed by atoms with Crippen LogP contribution in [0.5, 0.6) is 0 Å². The number of aryl methyl sites for hydroxylation is 1. The highest BCUT2D eigenvalue weighted by Gasteiger charge is 2.17. The maximum atomic E-state index is 4.89. The molecule has 142 valence electrons. The third-order valence-corrected chi connectivity index (χ3v) is 7.28. The van der Waals surface area contributed by atoms with Gasteiger partial charge in [-0.25, -0.2) is 0 Å². The van der Waals surface area contributed by atoms with Crippen LogP contribution in [0.2, 0.25) is 0 Å². The number of aromatic nitrogens is 1. The van der Waals surface area contributed by atoms with Crippen molar-refractivity contribution in [3.05, 3.63) is 103 Å². The van der Waals surface area contributed by atoms with Crippen molar-refractivity contribution in [1.29, 1.82) is 0 Å². The second-order valence-electron chi connectivity index (χ2n) is 7.65. The minimum absolute atomic E-state index is 1.07. The van der Waals surface area contributed by atoms with Gasteiger partial charge in [0.05, 0.1) is 10.4 Å². The third-order valence-electron chi connectivity index (χ3n) is 5.91. The van der Waals surface area contributed by atoms with Crippen molar-refractivity contribution in [3.63, 3.8) is 0 Å². The molecule has 2 heteroatoms. The molecule has 0 atom stereocenters. The molecule has 0 fully saturated rings. The van der Waals surface area contributed by atoms with Crippen molar-refractivity contribution in [1.82, 2.24) is 4.98 Å². The van der Waals surface area contributed by atoms with Gasteiger partial charge in [0.2, 0.25) is 0 Å². The standard InChI is InChI=1S/C28H19NS/c1-18-21-15-16-29-26(28(21)30-27(18)19-9-3-2-4-10-19)25-17-20-11-5-6-12-22(20)23-13-7-8-14-24(23)25/h2-17H,1H3. The van der Waals surface area contributed by atoms with Crippen LogP contribution in [-0.4, -0.2) is 4.98 Å². The number of rotatable bonds is 2. The van der Waals surface area contributed by atoms with E-state index in [2.05, 4.69) is 97.9 Å². The molecular weight excluding hydrogens is 382 g/mol. The van der Waals surface area contributed by atoms with Crippen molar-refractivity contribution in [3.8, 4) is 21.7 Å². The summed E-state index contributed by atoms with van der Waals surface area (Å²) in [6.45, 7) is 2.23. The highest BCUT2D eigenvalue weighted by Crippen LogP contribution is 2.44. The molecule has 0 N–H and O–H groups in total. The largest absolute Gasteiger partial charge is 0.255 e. The van der Waals surface area contributed by atoms with Crippen molar-refractivity contribution in [2.75, 3.05) is 0 Å². The average molecular weight is 402 g/mol. The van der Waals surface area contributed by atoms with Crippen molar-refractivity contribution in [2.24, 2.45) is 0 Å². The molecule has 0 aliphatic carbocycles. The first-order chi connectivity index (χ1) is 14.8. The Labute approximate surface area is 179 Å². The van der Waals surface area contributed by atoms with Gasteiger partial charge in [-0.15, -0.1) is 11.3 Å². The van der Waals surface area contributed by atoms with Gasteiger partial charge in [-0.2, -0.15) is 0 Å². The lowest BCUT2D eigenvalue weighted by Gasteiger charge is -2.11. The van der Waals surface area contributed by atoms with Crippen LogP contribution in [0.25, 0.3) is 53.3 Å². The highest BCUT2D eigenvalue weighted by atomic mass is 32.1. The molecule has 0 saturated heterocycles. The molecule has 4 aromatic carbocycles. The Morgan fingerprint density at radius 1 is 0.667 bits per heavy atom. The monoisotopic (exact) mass is 401 g/mol. The van der Waals surface area contributed by atoms with E-state index in [1.807, 2.05) is 17.5 Å². The molecule has 0 radical (unpaired) electrons. The summed E-state index contributed by atoms with van der Waals surface area (Å²) < 4.78 is 1.26. The lowest BCUT2D eigenvalue weighted by atomic mass is 9.95. The average Bonchev–Trinajstić information content (AvgIpc) is 3.16. The SMILES string of the molecule is Cc1c(-c2ccccc2)sc2c(-c3cc4ccccc4c4ccccc34)nccc12. The predicted octanol–water partition coefficient (Wildman–Crippen LogP) is 8.25. The summed E-state index contributed by atoms with van der Waals surface area (Å²) in [5.41, 5.74) is 4.88. The van der Waals surface area contributed by atoms with E-state index < -0.39 is 0 Å². The Hall–Kier alpha value is -3.49. The first-order valence-corrected chi connectivity index (χ1v) is 11.0. The van der Waals surface area contributed by atoms with E-state index in [1.165, 1.54) is 53.2 Å². The Morgan fingerprint density at radius 2 is 1.37 bits per heavy atom. The molecule has 0 bridgehead atoms. The molecule has 6 aromatic rings. The van der Waals surface area contributed by atoms with E-state index in [-0.39, 0.29) is 0 Å². The van der Waals surface area contributed by atoms with Crippen LogP contribution in [0.15, 0.2) is 97.2 Å². The van der Waals surface area contributed by atoms with Crippen LogP contribution in [0.1, 0.15) is 5.56 Å². The fraction of sp³-hybridized carbons (Fsp3) is 0.0357. The molecule has 2 aromatic heterocycles. The number of fused-ring (bicyclic) bond motifs is 4. The molecule has 0 spiro atoms. The van der Waals surface area contributed by atoms with Crippen molar-refractivity contribution >= 4 is 43.0 Å². The molecule has 30 heavy (non-hydrogen) atoms. The fourth-order valence-electron chi connectivity index (χ4n) is 4.45. The van der Waals surface area contributed by atoms with Crippen LogP contribution >= 0.6 is 11.3 Å². The number of hydrogen-bond donors (Lipinski definition) is 0. The summed E-state index contributed by atoms with van der Waals surface area (Å²) in [4.78, 5) is 6.22. The van der Waals surface area contributed by atoms with Gasteiger partial charge in [-0.1, -0.05) is 78.9 Å². The lowest BCUT2D eigenvalue weighted by molar-refractivity contribution is 1.37. The number of pyridine rings is 1. The van der Waals surface area contributed by atoms with Gasteiger partial charge in [0, 0.05) is 16.6 Å². The van der Waals surface area contributed by atoms with E-state index in [0.717, 1.165) is 5.69 Å². The first-order valence-electron chi connectivity index (χ1n) is 10.2. The maximum absolute atomic E-state index is 4.89. The minimum atomic E-state index is 1.07. The molecular formula is C28H19NS. The Bertz CT molecular complexity index is 1540. The minimum Gasteiger partial charge on any atom is -0.255 e. The Kier molecular flexibility index (Phi) is 3.93. The van der Waals surface area contributed by atoms with Gasteiger partial charge in [0.25, 0.3) is 0 Å². The molecule has 0 aliphatic heterocycles. The van der Waals surface area contributed by atoms with Gasteiger partial charge < -0.3 is 0 Å². The maximum Gasteiger partial charge on any atom is 0.0886 e. The third kappa shape index (κ3) is 2.58. The van der Waals surface area contributed by atoms with Crippen LogP contribution in [0, 0.1) is 6.92 Å². The van der Waals surface area contributed by atoms with E-state index in [0.29, 0.717) is 0 Å². The molecule has 6 rings (SSSR count). The van der Waals surface area contributed by atoms with Gasteiger partial charge in [0.15, 0.2) is 0 Å². The van der Waals surface area contributed by atoms with E-state index in [1.54, 1.807) is 0 Å². The van der Waals surface area contributed by atoms with Gasteiger partial charge in [-0.05, 0) is 57.1 Å². The van der Waals surface area contributed by atoms with Crippen LogP contribution in [0.3, 0.4) is 0 Å². The predicted molar refractivity (Wildman–Crippen MR) is 130 cm³/mol. The summed E-state index contributed by atoms with van der Waals surface area (Å²) in [5.74, 6) is 0. The summed E-state index contributed by atoms with van der Waals surface area (Å²) in [6, 6.07) is 32.4. The molecule has 2 heterocycles. The Balaban J connectivity index is 1.70. The van der Waals surface area contributed by atoms with E-state index >= 15 is 0 Å². The van der Waals surface area contributed by atoms with Crippen LogP contribution < -0.4 is 0 Å². The molecule has 0 aliphatic rings. The second-order valence-corrected chi connectivity index (χ2v) is 8.67. The summed E-state index contributed by atoms with van der Waals surface area (Å²) in [5, 5.41) is 6.36. The van der Waals surface area contributed by atoms with E-state index in [9.17, 15) is 0 Å². The Morgan fingerprint density at radius 3 is 2.20 bits per heavy atom. The van der Waals surface area contributed by atoms with E-state index in [4.69, 9.17) is 4.98 Å². The van der Waals surface area contributed by atoms with Gasteiger partial charge >= 0.3 is 0 Å². The molecule has 0 saturated carbocycles. The quantitative estimate of drug-likeness (QED) is 0.266. The van der Waals surface area contributed by atoms with Crippen LogP contribution in [-0.2, 0) is 0 Å². The molecule has 0 amide bonds. The van der Waals surface area contributed by atoms with Crippen molar-refractivity contribution < 1.29 is 0 Å². The highest BCUT2D eigenvalue weighted by molar-refractivity contribution is 7.23. The first kappa shape index (κ1) is 17.4. The topological polar surface area (TPSA) is 12.9 Å². The van der Waals surface area contributed by atoms with Gasteiger partial charge in [-0.3, -0.25) is 4.98 Å². The summed E-state index contributed by atoms with van der Waals surface area (Å²) in [7, 11) is 0. The second kappa shape index (κ2) is 6.79. The molecule has 0 unspecified atom stereocenters. The molecule has 1 nitrogen and oxygen atoms in total. The zero-order valence-electron chi connectivity index (χ0n) is 16.6. The number of benzene rings is 4.